The molecule has 1 aromatic rings. The van der Waals surface area contributed by atoms with E-state index in [4.69, 9.17) is 5.11 Å². The molecule has 1 aliphatic carbocycles. The quantitative estimate of drug-likeness (QED) is 0.792. The monoisotopic (exact) mass is 275 g/mol. The largest absolute Gasteiger partial charge is 0.395 e. The van der Waals surface area contributed by atoms with Gasteiger partial charge in [-0.1, -0.05) is 37.6 Å². The lowest BCUT2D eigenvalue weighted by Gasteiger charge is -2.21. The minimum absolute atomic E-state index is 0.0538. The van der Waals surface area contributed by atoms with Crippen LogP contribution in [0.25, 0.3) is 0 Å². The predicted molar refractivity (Wildman–Crippen MR) is 80.6 cm³/mol. The predicted octanol–water partition coefficient (Wildman–Crippen LogP) is 2.56. The average molecular weight is 275 g/mol. The molecular formula is C17H25NO2. The van der Waals surface area contributed by atoms with E-state index < -0.39 is 0 Å². The van der Waals surface area contributed by atoms with Gasteiger partial charge in [-0.15, -0.1) is 0 Å². The van der Waals surface area contributed by atoms with E-state index in [9.17, 15) is 4.79 Å². The van der Waals surface area contributed by atoms with Crippen LogP contribution in [-0.2, 0) is 17.6 Å². The molecule has 1 saturated carbocycles. The lowest BCUT2D eigenvalue weighted by molar-refractivity contribution is -0.131. The second-order valence-corrected chi connectivity index (χ2v) is 5.64. The van der Waals surface area contributed by atoms with Gasteiger partial charge in [0, 0.05) is 12.6 Å². The summed E-state index contributed by atoms with van der Waals surface area (Å²) in [5.74, 6) is 0.142. The fraction of sp³-hybridized carbons (Fsp3) is 0.588. The standard InChI is InChI=1S/C17H25NO2/c1-2-3-4-14-5-7-15(8-6-14)13-17(20)18(11-12-19)16-9-10-16/h5-8,16,19H,2-4,9-13H2,1H3. The van der Waals surface area contributed by atoms with E-state index in [1.807, 2.05) is 4.90 Å². The Kier molecular flexibility index (Phi) is 5.60. The fourth-order valence-electron chi connectivity index (χ4n) is 2.49. The fourth-order valence-corrected chi connectivity index (χ4v) is 2.49. The minimum Gasteiger partial charge on any atom is -0.395 e. The third-order valence-electron chi connectivity index (χ3n) is 3.85. The van der Waals surface area contributed by atoms with Crippen LogP contribution in [-0.4, -0.2) is 35.1 Å². The molecule has 3 heteroatoms. The minimum atomic E-state index is 0.0538. The third-order valence-corrected chi connectivity index (χ3v) is 3.85. The van der Waals surface area contributed by atoms with Gasteiger partial charge >= 0.3 is 0 Å². The zero-order chi connectivity index (χ0) is 14.4. The topological polar surface area (TPSA) is 40.5 Å². The molecule has 0 atom stereocenters. The Labute approximate surface area is 121 Å². The molecule has 0 radical (unpaired) electrons. The van der Waals surface area contributed by atoms with E-state index in [-0.39, 0.29) is 12.5 Å². The van der Waals surface area contributed by atoms with Gasteiger partial charge in [-0.25, -0.2) is 0 Å². The molecule has 0 bridgehead atoms. The smallest absolute Gasteiger partial charge is 0.227 e. The molecule has 0 aromatic heterocycles. The van der Waals surface area contributed by atoms with Crippen LogP contribution in [0.1, 0.15) is 43.7 Å². The number of aliphatic hydroxyl groups excluding tert-OH is 1. The van der Waals surface area contributed by atoms with Gasteiger partial charge in [0.1, 0.15) is 0 Å². The number of nitrogens with zero attached hydrogens (tertiary/aromatic N) is 1. The summed E-state index contributed by atoms with van der Waals surface area (Å²) in [6.07, 6.45) is 6.15. The number of amides is 1. The SMILES string of the molecule is CCCCc1ccc(CC(=O)N(CCO)C2CC2)cc1. The number of rotatable bonds is 8. The zero-order valence-electron chi connectivity index (χ0n) is 12.3. The van der Waals surface area contributed by atoms with Crippen molar-refractivity contribution in [2.75, 3.05) is 13.2 Å². The number of benzene rings is 1. The van der Waals surface area contributed by atoms with Gasteiger partial charge in [-0.3, -0.25) is 4.79 Å². The van der Waals surface area contributed by atoms with Crippen molar-refractivity contribution in [2.24, 2.45) is 0 Å². The average Bonchev–Trinajstić information content (AvgIpc) is 3.28. The van der Waals surface area contributed by atoms with Crippen molar-refractivity contribution in [1.29, 1.82) is 0 Å². The van der Waals surface area contributed by atoms with E-state index in [0.717, 1.165) is 24.8 Å². The van der Waals surface area contributed by atoms with Gasteiger partial charge in [0.15, 0.2) is 0 Å². The van der Waals surface area contributed by atoms with Gasteiger partial charge in [0.05, 0.1) is 13.0 Å². The van der Waals surface area contributed by atoms with Crippen LogP contribution < -0.4 is 0 Å². The molecule has 1 aromatic carbocycles. The Morgan fingerprint density at radius 2 is 1.90 bits per heavy atom. The van der Waals surface area contributed by atoms with Gasteiger partial charge in [0.25, 0.3) is 0 Å². The lowest BCUT2D eigenvalue weighted by atomic mass is 10.0. The normalized spacial score (nSPS) is 14.3. The number of unbranched alkanes of at least 4 members (excludes halogenated alkanes) is 1. The summed E-state index contributed by atoms with van der Waals surface area (Å²) in [7, 11) is 0. The highest BCUT2D eigenvalue weighted by molar-refractivity contribution is 5.79. The molecule has 2 rings (SSSR count). The van der Waals surface area contributed by atoms with Gasteiger partial charge in [-0.2, -0.15) is 0 Å². The molecule has 1 aliphatic rings. The summed E-state index contributed by atoms with van der Waals surface area (Å²) in [6, 6.07) is 8.76. The summed E-state index contributed by atoms with van der Waals surface area (Å²) in [5.41, 5.74) is 2.41. The first kappa shape index (κ1) is 15.0. The van der Waals surface area contributed by atoms with E-state index >= 15 is 0 Å². The Morgan fingerprint density at radius 3 is 2.45 bits per heavy atom. The Hall–Kier alpha value is -1.35. The number of aryl methyl sites for hydroxylation is 1. The summed E-state index contributed by atoms with van der Waals surface area (Å²) in [6.45, 7) is 2.72. The molecule has 0 heterocycles. The summed E-state index contributed by atoms with van der Waals surface area (Å²) in [4.78, 5) is 14.1. The molecule has 1 fully saturated rings. The summed E-state index contributed by atoms with van der Waals surface area (Å²) < 4.78 is 0. The number of carbonyl (C=O) groups is 1. The Balaban J connectivity index is 1.89. The second kappa shape index (κ2) is 7.44. The Morgan fingerprint density at radius 1 is 1.25 bits per heavy atom. The molecule has 110 valence electrons. The van der Waals surface area contributed by atoms with Gasteiger partial charge in [-0.05, 0) is 36.8 Å². The highest BCUT2D eigenvalue weighted by atomic mass is 16.3. The maximum Gasteiger partial charge on any atom is 0.227 e. The number of aliphatic hydroxyl groups is 1. The van der Waals surface area contributed by atoms with Crippen molar-refractivity contribution in [3.63, 3.8) is 0 Å². The zero-order valence-corrected chi connectivity index (χ0v) is 12.3. The molecular weight excluding hydrogens is 250 g/mol. The van der Waals surface area contributed by atoms with Crippen LogP contribution >= 0.6 is 0 Å². The summed E-state index contributed by atoms with van der Waals surface area (Å²) in [5, 5.41) is 9.05. The molecule has 0 aliphatic heterocycles. The van der Waals surface area contributed by atoms with Crippen molar-refractivity contribution in [2.45, 2.75) is 51.5 Å². The molecule has 0 spiro atoms. The maximum atomic E-state index is 12.3. The van der Waals surface area contributed by atoms with Crippen LogP contribution in [0.4, 0.5) is 0 Å². The first-order chi connectivity index (χ1) is 9.74. The molecule has 0 saturated heterocycles. The van der Waals surface area contributed by atoms with Crippen LogP contribution in [0.15, 0.2) is 24.3 Å². The number of hydrogen-bond donors (Lipinski definition) is 1. The van der Waals surface area contributed by atoms with Crippen molar-refractivity contribution < 1.29 is 9.90 Å². The maximum absolute atomic E-state index is 12.3. The van der Waals surface area contributed by atoms with E-state index in [0.29, 0.717) is 19.0 Å². The first-order valence-electron chi connectivity index (χ1n) is 7.72. The van der Waals surface area contributed by atoms with Crippen molar-refractivity contribution in [3.05, 3.63) is 35.4 Å². The van der Waals surface area contributed by atoms with Crippen molar-refractivity contribution in [3.8, 4) is 0 Å². The Bertz CT molecular complexity index is 423. The van der Waals surface area contributed by atoms with Crippen LogP contribution in [0, 0.1) is 0 Å². The van der Waals surface area contributed by atoms with E-state index in [1.165, 1.54) is 18.4 Å². The van der Waals surface area contributed by atoms with Crippen LogP contribution in [0.5, 0.6) is 0 Å². The van der Waals surface area contributed by atoms with Crippen molar-refractivity contribution in [1.82, 2.24) is 4.90 Å². The van der Waals surface area contributed by atoms with Crippen LogP contribution in [0.2, 0.25) is 0 Å². The molecule has 0 unspecified atom stereocenters. The van der Waals surface area contributed by atoms with Crippen LogP contribution in [0.3, 0.4) is 0 Å². The first-order valence-corrected chi connectivity index (χ1v) is 7.72. The van der Waals surface area contributed by atoms with Gasteiger partial charge < -0.3 is 10.0 Å². The number of hydrogen-bond acceptors (Lipinski definition) is 2. The van der Waals surface area contributed by atoms with E-state index in [2.05, 4.69) is 31.2 Å². The molecule has 20 heavy (non-hydrogen) atoms. The van der Waals surface area contributed by atoms with Gasteiger partial charge in [0.2, 0.25) is 5.91 Å². The lowest BCUT2D eigenvalue weighted by Crippen LogP contribution is -2.36. The molecule has 1 N–H and O–H groups in total. The third kappa shape index (κ3) is 4.34. The number of carbonyl (C=O) groups excluding carboxylic acids is 1. The molecule has 3 nitrogen and oxygen atoms in total. The summed E-state index contributed by atoms with van der Waals surface area (Å²) >= 11 is 0. The molecule has 1 amide bonds. The second-order valence-electron chi connectivity index (χ2n) is 5.64. The highest BCUT2D eigenvalue weighted by Gasteiger charge is 2.31. The van der Waals surface area contributed by atoms with Crippen molar-refractivity contribution >= 4 is 5.91 Å². The highest BCUT2D eigenvalue weighted by Crippen LogP contribution is 2.27. The van der Waals surface area contributed by atoms with E-state index in [1.54, 1.807) is 0 Å².